The molecule has 19 heavy (non-hydrogen) atoms. The summed E-state index contributed by atoms with van der Waals surface area (Å²) in [6, 6.07) is 3.55. The van der Waals surface area contributed by atoms with Gasteiger partial charge in [0, 0.05) is 24.3 Å². The standard InChI is InChI=1S/C13H17F3N2O/c1-3-7-18-12(19)9-5-6-11(17-4-2)10(8-9)13(14,15)16/h5-6,8,17H,3-4,7H2,1-2H3,(H,18,19). The SMILES string of the molecule is CCCNC(=O)c1ccc(NCC)c(C(F)(F)F)c1. The van der Waals surface area contributed by atoms with Gasteiger partial charge in [-0.05, 0) is 31.5 Å². The van der Waals surface area contributed by atoms with Gasteiger partial charge in [0.1, 0.15) is 0 Å². The maximum atomic E-state index is 12.9. The van der Waals surface area contributed by atoms with Crippen LogP contribution in [-0.2, 0) is 6.18 Å². The van der Waals surface area contributed by atoms with E-state index in [4.69, 9.17) is 0 Å². The van der Waals surface area contributed by atoms with Gasteiger partial charge in [0.25, 0.3) is 5.91 Å². The summed E-state index contributed by atoms with van der Waals surface area (Å²) in [5.74, 6) is -0.490. The summed E-state index contributed by atoms with van der Waals surface area (Å²) < 4.78 is 38.7. The molecule has 1 rings (SSSR count). The topological polar surface area (TPSA) is 41.1 Å². The molecule has 0 fully saturated rings. The molecule has 0 radical (unpaired) electrons. The summed E-state index contributed by atoms with van der Waals surface area (Å²) in [7, 11) is 0. The molecule has 6 heteroatoms. The van der Waals surface area contributed by atoms with Crippen LogP contribution in [0.3, 0.4) is 0 Å². The van der Waals surface area contributed by atoms with Gasteiger partial charge in [0.2, 0.25) is 0 Å². The third kappa shape index (κ3) is 4.15. The van der Waals surface area contributed by atoms with Crippen molar-refractivity contribution in [2.75, 3.05) is 18.4 Å². The van der Waals surface area contributed by atoms with Crippen molar-refractivity contribution in [3.63, 3.8) is 0 Å². The minimum absolute atomic E-state index is 0.0120. The van der Waals surface area contributed by atoms with Gasteiger partial charge in [-0.1, -0.05) is 6.92 Å². The first kappa shape index (κ1) is 15.3. The van der Waals surface area contributed by atoms with Crippen molar-refractivity contribution in [2.24, 2.45) is 0 Å². The van der Waals surface area contributed by atoms with Crippen LogP contribution >= 0.6 is 0 Å². The second kappa shape index (κ2) is 6.45. The zero-order valence-corrected chi connectivity index (χ0v) is 10.9. The second-order valence-corrected chi connectivity index (χ2v) is 4.04. The number of carbonyl (C=O) groups excluding carboxylic acids is 1. The number of rotatable bonds is 5. The van der Waals surface area contributed by atoms with Crippen molar-refractivity contribution in [1.82, 2.24) is 5.32 Å². The van der Waals surface area contributed by atoms with Crippen LogP contribution < -0.4 is 10.6 Å². The number of hydrogen-bond acceptors (Lipinski definition) is 2. The molecule has 0 aliphatic rings. The molecular weight excluding hydrogens is 257 g/mol. The minimum atomic E-state index is -4.49. The summed E-state index contributed by atoms with van der Waals surface area (Å²) >= 11 is 0. The fourth-order valence-electron chi connectivity index (χ4n) is 1.61. The number of amides is 1. The lowest BCUT2D eigenvalue weighted by Gasteiger charge is -2.15. The molecule has 0 heterocycles. The van der Waals surface area contributed by atoms with E-state index in [1.54, 1.807) is 6.92 Å². The molecule has 1 aromatic rings. The van der Waals surface area contributed by atoms with Crippen LogP contribution in [0.4, 0.5) is 18.9 Å². The molecule has 0 spiro atoms. The maximum Gasteiger partial charge on any atom is 0.418 e. The molecule has 0 bridgehead atoms. The van der Waals surface area contributed by atoms with Crippen molar-refractivity contribution in [3.8, 4) is 0 Å². The first-order chi connectivity index (χ1) is 8.90. The molecule has 0 aromatic heterocycles. The van der Waals surface area contributed by atoms with Crippen molar-refractivity contribution in [2.45, 2.75) is 26.4 Å². The van der Waals surface area contributed by atoms with E-state index >= 15 is 0 Å². The van der Waals surface area contributed by atoms with Crippen LogP contribution in [0.1, 0.15) is 36.2 Å². The highest BCUT2D eigenvalue weighted by molar-refractivity contribution is 5.95. The van der Waals surface area contributed by atoms with Crippen molar-refractivity contribution in [3.05, 3.63) is 29.3 Å². The van der Waals surface area contributed by atoms with Crippen LogP contribution in [-0.4, -0.2) is 19.0 Å². The van der Waals surface area contributed by atoms with Gasteiger partial charge >= 0.3 is 6.18 Å². The first-order valence-corrected chi connectivity index (χ1v) is 6.13. The normalized spacial score (nSPS) is 11.2. The summed E-state index contributed by atoms with van der Waals surface area (Å²) in [6.45, 7) is 4.40. The molecular formula is C13H17F3N2O. The zero-order valence-electron chi connectivity index (χ0n) is 10.9. The Kier molecular flexibility index (Phi) is 5.20. The first-order valence-electron chi connectivity index (χ1n) is 6.13. The maximum absolute atomic E-state index is 12.9. The molecule has 0 aliphatic carbocycles. The van der Waals surface area contributed by atoms with Crippen LogP contribution in [0.25, 0.3) is 0 Å². The largest absolute Gasteiger partial charge is 0.418 e. The fraction of sp³-hybridized carbons (Fsp3) is 0.462. The van der Waals surface area contributed by atoms with Crippen LogP contribution in [0.15, 0.2) is 18.2 Å². The second-order valence-electron chi connectivity index (χ2n) is 4.04. The zero-order chi connectivity index (χ0) is 14.5. The molecule has 2 N–H and O–H groups in total. The summed E-state index contributed by atoms with van der Waals surface area (Å²) in [5, 5.41) is 5.19. The van der Waals surface area contributed by atoms with Gasteiger partial charge < -0.3 is 10.6 Å². The summed E-state index contributed by atoms with van der Waals surface area (Å²) in [4.78, 5) is 11.7. The molecule has 106 valence electrons. The minimum Gasteiger partial charge on any atom is -0.385 e. The van der Waals surface area contributed by atoms with E-state index in [9.17, 15) is 18.0 Å². The average Bonchev–Trinajstić information content (AvgIpc) is 2.35. The van der Waals surface area contributed by atoms with Crippen molar-refractivity contribution in [1.29, 1.82) is 0 Å². The van der Waals surface area contributed by atoms with E-state index in [0.717, 1.165) is 12.5 Å². The van der Waals surface area contributed by atoms with Gasteiger partial charge in [-0.15, -0.1) is 0 Å². The highest BCUT2D eigenvalue weighted by atomic mass is 19.4. The van der Waals surface area contributed by atoms with Gasteiger partial charge in [0.05, 0.1) is 5.56 Å². The Bertz CT molecular complexity index is 444. The smallest absolute Gasteiger partial charge is 0.385 e. The van der Waals surface area contributed by atoms with Crippen molar-refractivity contribution >= 4 is 11.6 Å². The molecule has 0 atom stereocenters. The molecule has 0 unspecified atom stereocenters. The predicted molar refractivity (Wildman–Crippen MR) is 68.2 cm³/mol. The summed E-state index contributed by atoms with van der Waals surface area (Å²) in [5.41, 5.74) is -0.817. The van der Waals surface area contributed by atoms with Crippen LogP contribution in [0, 0.1) is 0 Å². The molecule has 0 aliphatic heterocycles. The van der Waals surface area contributed by atoms with E-state index in [-0.39, 0.29) is 11.3 Å². The number of halogens is 3. The van der Waals surface area contributed by atoms with Crippen molar-refractivity contribution < 1.29 is 18.0 Å². The average molecular weight is 274 g/mol. The van der Waals surface area contributed by atoms with Gasteiger partial charge in [0.15, 0.2) is 0 Å². The molecule has 1 aromatic carbocycles. The van der Waals surface area contributed by atoms with E-state index in [1.807, 2.05) is 6.92 Å². The highest BCUT2D eigenvalue weighted by Crippen LogP contribution is 2.35. The van der Waals surface area contributed by atoms with Gasteiger partial charge in [-0.2, -0.15) is 13.2 Å². The molecule has 0 saturated heterocycles. The van der Waals surface area contributed by atoms with E-state index in [1.165, 1.54) is 12.1 Å². The summed E-state index contributed by atoms with van der Waals surface area (Å²) in [6.07, 6.45) is -3.76. The monoisotopic (exact) mass is 274 g/mol. The Balaban J connectivity index is 3.07. The Morgan fingerprint density at radius 3 is 2.47 bits per heavy atom. The van der Waals surface area contributed by atoms with E-state index in [0.29, 0.717) is 13.1 Å². The third-order valence-corrected chi connectivity index (χ3v) is 2.49. The van der Waals surface area contributed by atoms with Crippen LogP contribution in [0.2, 0.25) is 0 Å². The number of nitrogens with one attached hydrogen (secondary N) is 2. The fourth-order valence-corrected chi connectivity index (χ4v) is 1.61. The van der Waals surface area contributed by atoms with Gasteiger partial charge in [-0.25, -0.2) is 0 Å². The quantitative estimate of drug-likeness (QED) is 0.865. The van der Waals surface area contributed by atoms with Crippen LogP contribution in [0.5, 0.6) is 0 Å². The molecule has 3 nitrogen and oxygen atoms in total. The molecule has 0 saturated carbocycles. The Labute approximate surface area is 110 Å². The number of benzene rings is 1. The van der Waals surface area contributed by atoms with Gasteiger partial charge in [-0.3, -0.25) is 4.79 Å². The third-order valence-electron chi connectivity index (χ3n) is 2.49. The van der Waals surface area contributed by atoms with E-state index in [2.05, 4.69) is 10.6 Å². The lowest BCUT2D eigenvalue weighted by Crippen LogP contribution is -2.24. The number of anilines is 1. The number of alkyl halides is 3. The molecule has 1 amide bonds. The predicted octanol–water partition coefficient (Wildman–Crippen LogP) is 3.28. The lowest BCUT2D eigenvalue weighted by atomic mass is 10.1. The Hall–Kier alpha value is -1.72. The number of carbonyl (C=O) groups is 1. The lowest BCUT2D eigenvalue weighted by molar-refractivity contribution is -0.137. The highest BCUT2D eigenvalue weighted by Gasteiger charge is 2.34. The Morgan fingerprint density at radius 1 is 1.26 bits per heavy atom. The Morgan fingerprint density at radius 2 is 1.95 bits per heavy atom. The number of hydrogen-bond donors (Lipinski definition) is 2. The van der Waals surface area contributed by atoms with E-state index < -0.39 is 17.6 Å².